The monoisotopic (exact) mass is 254 g/mol. The summed E-state index contributed by atoms with van der Waals surface area (Å²) in [6, 6.07) is 13.8. The zero-order chi connectivity index (χ0) is 11.6. The minimum absolute atomic E-state index is 0.0862. The smallest absolute Gasteiger partial charge is 0.260 e. The van der Waals surface area contributed by atoms with E-state index in [-0.39, 0.29) is 10.4 Å². The van der Waals surface area contributed by atoms with E-state index in [1.165, 1.54) is 36.4 Å². The van der Waals surface area contributed by atoms with E-state index in [4.69, 9.17) is 11.6 Å². The van der Waals surface area contributed by atoms with Gasteiger partial charge in [-0.25, -0.2) is 0 Å². The molecule has 0 aliphatic carbocycles. The maximum Gasteiger partial charge on any atom is 0.487 e. The predicted octanol–water partition coefficient (Wildman–Crippen LogP) is 2.84. The molecule has 0 radical (unpaired) electrons. The maximum atomic E-state index is 14.1. The van der Waals surface area contributed by atoms with Gasteiger partial charge in [0.2, 0.25) is 0 Å². The summed E-state index contributed by atoms with van der Waals surface area (Å²) in [5, 5.41) is 0.682. The van der Waals surface area contributed by atoms with Crippen molar-refractivity contribution in [3.05, 3.63) is 59.6 Å². The van der Waals surface area contributed by atoms with Crippen molar-refractivity contribution >= 4 is 30.7 Å². The first-order chi connectivity index (χ1) is 7.60. The molecule has 0 unspecified atom stereocenters. The number of rotatable bonds is 2. The van der Waals surface area contributed by atoms with Gasteiger partial charge in [-0.3, -0.25) is 8.22 Å². The number of hydrogen-bond acceptors (Lipinski definition) is 0. The summed E-state index contributed by atoms with van der Waals surface area (Å²) < 4.78 is 28.2. The molecule has 0 spiro atoms. The number of benzene rings is 2. The molecule has 16 heavy (non-hydrogen) atoms. The number of hydrogen-bond donors (Lipinski definition) is 0. The van der Waals surface area contributed by atoms with Crippen LogP contribution >= 0.6 is 11.6 Å². The fourth-order valence-corrected chi connectivity index (χ4v) is 3.13. The van der Waals surface area contributed by atoms with Crippen LogP contribution in [0.3, 0.4) is 0 Å². The molecule has 82 valence electrons. The molecule has 0 heterocycles. The third-order valence-corrected chi connectivity index (χ3v) is 4.71. The molecule has 0 amide bonds. The molecule has 2 rings (SSSR count). The minimum atomic E-state index is -4.54. The average molecular weight is 255 g/mol. The van der Waals surface area contributed by atoms with Crippen LogP contribution in [-0.2, 0) is 0 Å². The molecule has 4 heteroatoms. The first kappa shape index (κ1) is 11.3. The van der Waals surface area contributed by atoms with Crippen molar-refractivity contribution in [3.8, 4) is 0 Å². The van der Waals surface area contributed by atoms with Gasteiger partial charge < -0.3 is 0 Å². The highest BCUT2D eigenvalue weighted by Crippen LogP contribution is 2.11. The standard InChI is InChI=1S/C12H9ClF2Si/c13-10-6-8-12(9-7-10)16(14,15)11-4-2-1-3-5-11/h1-9H. The molecule has 0 atom stereocenters. The van der Waals surface area contributed by atoms with Crippen LogP contribution < -0.4 is 10.4 Å². The van der Waals surface area contributed by atoms with Crippen molar-refractivity contribution in [2.45, 2.75) is 0 Å². The van der Waals surface area contributed by atoms with Gasteiger partial charge in [0.1, 0.15) is 0 Å². The lowest BCUT2D eigenvalue weighted by molar-refractivity contribution is 0.654. The van der Waals surface area contributed by atoms with Crippen molar-refractivity contribution in [2.24, 2.45) is 0 Å². The molecule has 0 aromatic heterocycles. The van der Waals surface area contributed by atoms with E-state index in [0.29, 0.717) is 5.02 Å². The molecule has 0 aliphatic rings. The number of halogens is 3. The van der Waals surface area contributed by atoms with E-state index in [0.717, 1.165) is 0 Å². The normalized spacial score (nSPS) is 11.4. The summed E-state index contributed by atoms with van der Waals surface area (Å²) in [6.45, 7) is 0. The van der Waals surface area contributed by atoms with Crippen LogP contribution in [0.5, 0.6) is 0 Å². The summed E-state index contributed by atoms with van der Waals surface area (Å²) in [4.78, 5) is 0. The highest BCUT2D eigenvalue weighted by atomic mass is 35.5. The molecule has 0 nitrogen and oxygen atoms in total. The summed E-state index contributed by atoms with van der Waals surface area (Å²) in [5.74, 6) is 0. The van der Waals surface area contributed by atoms with Crippen LogP contribution in [0.25, 0.3) is 0 Å². The SMILES string of the molecule is F[Si](F)(c1ccccc1)c1ccc(Cl)cc1. The maximum absolute atomic E-state index is 14.1. The Balaban J connectivity index is 2.43. The second kappa shape index (κ2) is 4.35. The molecule has 0 saturated heterocycles. The zero-order valence-corrected chi connectivity index (χ0v) is 10.1. The fraction of sp³-hybridized carbons (Fsp3) is 0. The first-order valence-corrected chi connectivity index (χ1v) is 6.93. The van der Waals surface area contributed by atoms with Gasteiger partial charge in [0.05, 0.1) is 0 Å². The van der Waals surface area contributed by atoms with Crippen LogP contribution in [-0.4, -0.2) is 8.74 Å². The van der Waals surface area contributed by atoms with Gasteiger partial charge >= 0.3 is 8.74 Å². The average Bonchev–Trinajstić information content (AvgIpc) is 2.31. The second-order valence-electron chi connectivity index (χ2n) is 3.45. The Morgan fingerprint density at radius 3 is 1.81 bits per heavy atom. The third kappa shape index (κ3) is 2.15. The Morgan fingerprint density at radius 2 is 1.25 bits per heavy atom. The molecule has 2 aromatic carbocycles. The Morgan fingerprint density at radius 1 is 0.750 bits per heavy atom. The van der Waals surface area contributed by atoms with Gasteiger partial charge in [0.25, 0.3) is 0 Å². The molecule has 0 N–H and O–H groups in total. The van der Waals surface area contributed by atoms with E-state index < -0.39 is 8.74 Å². The van der Waals surface area contributed by atoms with Gasteiger partial charge in [0, 0.05) is 15.4 Å². The topological polar surface area (TPSA) is 0 Å². The Hall–Kier alpha value is -1.19. The van der Waals surface area contributed by atoms with Gasteiger partial charge in [-0.05, 0) is 12.1 Å². The Labute approximate surface area is 98.9 Å². The summed E-state index contributed by atoms with van der Waals surface area (Å²) >= 11 is 5.68. The molecule has 0 bridgehead atoms. The van der Waals surface area contributed by atoms with Crippen LogP contribution in [0.4, 0.5) is 8.22 Å². The Kier molecular flexibility index (Phi) is 3.07. The molecular weight excluding hydrogens is 246 g/mol. The van der Waals surface area contributed by atoms with Crippen LogP contribution in [0.15, 0.2) is 54.6 Å². The van der Waals surface area contributed by atoms with E-state index in [9.17, 15) is 8.22 Å². The van der Waals surface area contributed by atoms with Crippen LogP contribution in [0.1, 0.15) is 0 Å². The van der Waals surface area contributed by atoms with Gasteiger partial charge in [-0.1, -0.05) is 54.1 Å². The fourth-order valence-electron chi connectivity index (χ4n) is 1.47. The molecule has 0 fully saturated rings. The van der Waals surface area contributed by atoms with E-state index in [1.54, 1.807) is 18.2 Å². The molecule has 0 saturated carbocycles. The van der Waals surface area contributed by atoms with Crippen molar-refractivity contribution in [1.29, 1.82) is 0 Å². The molecule has 2 aromatic rings. The van der Waals surface area contributed by atoms with Gasteiger partial charge in [-0.2, -0.15) is 0 Å². The summed E-state index contributed by atoms with van der Waals surface area (Å²) in [5.41, 5.74) is 0. The van der Waals surface area contributed by atoms with Crippen LogP contribution in [0.2, 0.25) is 5.02 Å². The molecular formula is C12H9ClF2Si. The highest BCUT2D eigenvalue weighted by Gasteiger charge is 2.40. The van der Waals surface area contributed by atoms with Crippen molar-refractivity contribution in [3.63, 3.8) is 0 Å². The van der Waals surface area contributed by atoms with E-state index >= 15 is 0 Å². The quantitative estimate of drug-likeness (QED) is 0.571. The second-order valence-corrected chi connectivity index (χ2v) is 6.19. The van der Waals surface area contributed by atoms with Crippen molar-refractivity contribution in [1.82, 2.24) is 0 Å². The Bertz CT molecular complexity index is 468. The lowest BCUT2D eigenvalue weighted by Gasteiger charge is -2.13. The highest BCUT2D eigenvalue weighted by molar-refractivity contribution is 6.91. The summed E-state index contributed by atoms with van der Waals surface area (Å²) in [7, 11) is -4.54. The predicted molar refractivity (Wildman–Crippen MR) is 65.1 cm³/mol. The minimum Gasteiger partial charge on any atom is -0.260 e. The largest absolute Gasteiger partial charge is 0.487 e. The zero-order valence-electron chi connectivity index (χ0n) is 8.33. The summed E-state index contributed by atoms with van der Waals surface area (Å²) in [6.07, 6.45) is 0. The molecule has 0 aliphatic heterocycles. The van der Waals surface area contributed by atoms with Gasteiger partial charge in [0.15, 0.2) is 0 Å². The lowest BCUT2D eigenvalue weighted by Crippen LogP contribution is -2.50. The third-order valence-electron chi connectivity index (χ3n) is 2.34. The van der Waals surface area contributed by atoms with Crippen LogP contribution in [0, 0.1) is 0 Å². The van der Waals surface area contributed by atoms with Gasteiger partial charge in [-0.15, -0.1) is 0 Å². The van der Waals surface area contributed by atoms with E-state index in [2.05, 4.69) is 0 Å². The van der Waals surface area contributed by atoms with Crippen molar-refractivity contribution < 1.29 is 8.22 Å². The lowest BCUT2D eigenvalue weighted by atomic mass is 10.4. The van der Waals surface area contributed by atoms with E-state index in [1.807, 2.05) is 0 Å². The first-order valence-electron chi connectivity index (χ1n) is 4.80. The van der Waals surface area contributed by atoms with Crippen molar-refractivity contribution in [2.75, 3.05) is 0 Å².